The highest BCUT2D eigenvalue weighted by Crippen LogP contribution is 2.67. The molecule has 6 nitrogen and oxygen atoms in total. The van der Waals surface area contributed by atoms with Gasteiger partial charge >= 0.3 is 0 Å². The van der Waals surface area contributed by atoms with Gasteiger partial charge in [0.1, 0.15) is 0 Å². The number of fused-ring (bicyclic) bond motifs is 5. The summed E-state index contributed by atoms with van der Waals surface area (Å²) in [5.74, 6) is 6.18. The number of ether oxygens (including phenoxy) is 5. The lowest BCUT2D eigenvalue weighted by atomic mass is 9.47. The predicted molar refractivity (Wildman–Crippen MR) is 182 cm³/mol. The Balaban J connectivity index is 1.15. The van der Waals surface area contributed by atoms with Crippen molar-refractivity contribution in [1.82, 2.24) is 0 Å². The second-order valence-electron chi connectivity index (χ2n) is 15.9. The molecule has 0 aromatic carbocycles. The molecule has 6 heteroatoms. The first kappa shape index (κ1) is 37.3. The summed E-state index contributed by atoms with van der Waals surface area (Å²) < 4.78 is 28.3. The highest BCUT2D eigenvalue weighted by molar-refractivity contribution is 5.25. The molecule has 0 bridgehead atoms. The molecule has 4 aliphatic carbocycles. The van der Waals surface area contributed by atoms with Crippen LogP contribution in [0.2, 0.25) is 0 Å². The third kappa shape index (κ3) is 9.57. The lowest BCUT2D eigenvalue weighted by Gasteiger charge is -2.58. The first-order chi connectivity index (χ1) is 21.7. The molecule has 0 spiro atoms. The first-order valence-electron chi connectivity index (χ1n) is 19.0. The van der Waals surface area contributed by atoms with E-state index < -0.39 is 0 Å². The maximum Gasteiger partial charge on any atom is 0.0704 e. The minimum absolute atomic E-state index is 0.0473. The fraction of sp³-hybridized carbons (Fsp3) is 0.949. The summed E-state index contributed by atoms with van der Waals surface area (Å²) in [6, 6.07) is 0. The van der Waals surface area contributed by atoms with Crippen molar-refractivity contribution in [1.29, 1.82) is 0 Å². The summed E-state index contributed by atoms with van der Waals surface area (Å²) in [6.45, 7) is 20.1. The van der Waals surface area contributed by atoms with Crippen LogP contribution in [0.4, 0.5) is 0 Å². The Morgan fingerprint density at radius 1 is 0.778 bits per heavy atom. The van der Waals surface area contributed by atoms with E-state index in [0.29, 0.717) is 76.4 Å². The molecule has 3 saturated carbocycles. The zero-order valence-corrected chi connectivity index (χ0v) is 30.0. The van der Waals surface area contributed by atoms with Gasteiger partial charge in [-0.3, -0.25) is 0 Å². The molecule has 0 saturated heterocycles. The summed E-state index contributed by atoms with van der Waals surface area (Å²) in [5, 5.41) is 8.67. The quantitative estimate of drug-likeness (QED) is 0.102. The molecular weight excluding hydrogens is 564 g/mol. The van der Waals surface area contributed by atoms with Crippen molar-refractivity contribution in [2.45, 2.75) is 118 Å². The molecule has 45 heavy (non-hydrogen) atoms. The molecule has 0 radical (unpaired) electrons. The van der Waals surface area contributed by atoms with E-state index in [1.54, 1.807) is 5.57 Å². The number of aliphatic hydroxyl groups is 1. The van der Waals surface area contributed by atoms with Crippen molar-refractivity contribution in [3.63, 3.8) is 0 Å². The standard InChI is InChI=1S/C39H70O6/c1-7-31(29(2)3)9-8-30(4)35-12-13-36-34-11-10-32-28-33(14-16-38(32,5)37(34)15-17-39(35,36)6)45-27-26-44-25-24-43-23-22-42-21-20-41-19-18-40/h10,29-31,33-37,40H,7-9,11-28H2,1-6H3/t30-,31-,33+,34+,35-,36+,37+,38+,39-/m1/s1. The summed E-state index contributed by atoms with van der Waals surface area (Å²) in [7, 11) is 0. The zero-order valence-electron chi connectivity index (χ0n) is 30.0. The molecule has 1 N–H and O–H groups in total. The van der Waals surface area contributed by atoms with Gasteiger partial charge in [-0.05, 0) is 110 Å². The molecule has 0 aromatic heterocycles. The summed E-state index contributed by atoms with van der Waals surface area (Å²) in [4.78, 5) is 0. The largest absolute Gasteiger partial charge is 0.394 e. The summed E-state index contributed by atoms with van der Waals surface area (Å²) in [6.07, 6.45) is 17.9. The second-order valence-corrected chi connectivity index (χ2v) is 15.9. The molecule has 0 unspecified atom stereocenters. The number of aliphatic hydroxyl groups excluding tert-OH is 1. The van der Waals surface area contributed by atoms with Gasteiger partial charge in [-0.2, -0.15) is 0 Å². The van der Waals surface area contributed by atoms with Crippen LogP contribution in [0.5, 0.6) is 0 Å². The van der Waals surface area contributed by atoms with E-state index in [-0.39, 0.29) is 6.61 Å². The molecule has 3 fully saturated rings. The van der Waals surface area contributed by atoms with Crippen molar-refractivity contribution in [3.8, 4) is 0 Å². The molecule has 262 valence electrons. The van der Waals surface area contributed by atoms with Gasteiger partial charge in [0, 0.05) is 0 Å². The number of hydrogen-bond donors (Lipinski definition) is 1. The van der Waals surface area contributed by atoms with Crippen molar-refractivity contribution in [2.24, 2.45) is 52.3 Å². The molecule has 4 aliphatic rings. The highest BCUT2D eigenvalue weighted by atomic mass is 16.6. The molecule has 0 aliphatic heterocycles. The second kappa shape index (κ2) is 18.3. The Bertz CT molecular complexity index is 876. The smallest absolute Gasteiger partial charge is 0.0704 e. The molecule has 9 atom stereocenters. The van der Waals surface area contributed by atoms with Crippen LogP contribution in [-0.4, -0.2) is 77.3 Å². The Hall–Kier alpha value is -0.500. The average molecular weight is 635 g/mol. The number of allylic oxidation sites excluding steroid dienone is 1. The van der Waals surface area contributed by atoms with Crippen molar-refractivity contribution >= 4 is 0 Å². The molecule has 0 amide bonds. The van der Waals surface area contributed by atoms with Crippen LogP contribution in [-0.2, 0) is 23.7 Å². The van der Waals surface area contributed by atoms with Gasteiger partial charge < -0.3 is 28.8 Å². The molecule has 4 rings (SSSR count). The Morgan fingerprint density at radius 2 is 1.42 bits per heavy atom. The van der Waals surface area contributed by atoms with E-state index in [2.05, 4.69) is 47.6 Å². The van der Waals surface area contributed by atoms with Crippen LogP contribution in [0.1, 0.15) is 112 Å². The van der Waals surface area contributed by atoms with Gasteiger partial charge in [0.25, 0.3) is 0 Å². The van der Waals surface area contributed by atoms with Gasteiger partial charge in [-0.25, -0.2) is 0 Å². The zero-order chi connectivity index (χ0) is 32.3. The van der Waals surface area contributed by atoms with E-state index >= 15 is 0 Å². The van der Waals surface area contributed by atoms with Crippen LogP contribution in [0.15, 0.2) is 11.6 Å². The van der Waals surface area contributed by atoms with Gasteiger partial charge in [-0.1, -0.05) is 66.0 Å². The summed E-state index contributed by atoms with van der Waals surface area (Å²) >= 11 is 0. The highest BCUT2D eigenvalue weighted by Gasteiger charge is 2.59. The topological polar surface area (TPSA) is 66.4 Å². The maximum absolute atomic E-state index is 8.67. The van der Waals surface area contributed by atoms with E-state index in [1.165, 1.54) is 64.2 Å². The van der Waals surface area contributed by atoms with Crippen molar-refractivity contribution < 1.29 is 28.8 Å². The van der Waals surface area contributed by atoms with Crippen LogP contribution in [0.25, 0.3) is 0 Å². The normalized spacial score (nSPS) is 34.2. The molecule has 0 aromatic rings. The summed E-state index contributed by atoms with van der Waals surface area (Å²) in [5.41, 5.74) is 2.64. The fourth-order valence-corrected chi connectivity index (χ4v) is 10.5. The monoisotopic (exact) mass is 635 g/mol. The SMILES string of the molecule is CC[C@H](CC[C@@H](C)[C@H]1CC[C@H]2[C@@H]3CC=C4C[C@@H](OCCOCCOCCOCCOCCO)CC[C@]4(C)[C@H]3CC[C@]12C)C(C)C. The predicted octanol–water partition coefficient (Wildman–Crippen LogP) is 8.11. The van der Waals surface area contributed by atoms with Gasteiger partial charge in [0.2, 0.25) is 0 Å². The van der Waals surface area contributed by atoms with Crippen molar-refractivity contribution in [3.05, 3.63) is 11.6 Å². The Kier molecular flexibility index (Phi) is 15.2. The minimum atomic E-state index is 0.0473. The minimum Gasteiger partial charge on any atom is -0.394 e. The third-order valence-electron chi connectivity index (χ3n) is 13.2. The number of rotatable bonds is 21. The lowest BCUT2D eigenvalue weighted by Crippen LogP contribution is -2.51. The lowest BCUT2D eigenvalue weighted by molar-refractivity contribution is -0.0693. The average Bonchev–Trinajstić information content (AvgIpc) is 3.38. The Labute approximate surface area is 276 Å². The Morgan fingerprint density at radius 3 is 2.04 bits per heavy atom. The first-order valence-corrected chi connectivity index (χ1v) is 19.0. The van der Waals surface area contributed by atoms with E-state index in [1.807, 2.05) is 0 Å². The van der Waals surface area contributed by atoms with E-state index in [9.17, 15) is 0 Å². The van der Waals surface area contributed by atoms with Gasteiger partial charge in [0.15, 0.2) is 0 Å². The van der Waals surface area contributed by atoms with E-state index in [0.717, 1.165) is 47.8 Å². The fourth-order valence-electron chi connectivity index (χ4n) is 10.5. The van der Waals surface area contributed by atoms with Crippen LogP contribution < -0.4 is 0 Å². The van der Waals surface area contributed by atoms with Gasteiger partial charge in [-0.15, -0.1) is 0 Å². The molecule has 0 heterocycles. The maximum atomic E-state index is 8.67. The third-order valence-corrected chi connectivity index (χ3v) is 13.2. The number of hydrogen-bond acceptors (Lipinski definition) is 6. The van der Waals surface area contributed by atoms with Crippen LogP contribution in [0.3, 0.4) is 0 Å². The van der Waals surface area contributed by atoms with Crippen LogP contribution >= 0.6 is 0 Å². The van der Waals surface area contributed by atoms with Crippen molar-refractivity contribution in [2.75, 3.05) is 66.1 Å². The van der Waals surface area contributed by atoms with E-state index in [4.69, 9.17) is 28.8 Å². The molecular formula is C39H70O6. The van der Waals surface area contributed by atoms with Gasteiger partial charge in [0.05, 0.1) is 72.2 Å². The van der Waals surface area contributed by atoms with Crippen LogP contribution in [0, 0.1) is 52.3 Å².